The van der Waals surface area contributed by atoms with Gasteiger partial charge in [-0.3, -0.25) is 19.3 Å². The normalized spacial score (nSPS) is 15.0. The number of ketones is 1. The van der Waals surface area contributed by atoms with E-state index in [0.29, 0.717) is 78.8 Å². The van der Waals surface area contributed by atoms with E-state index < -0.39 is 11.6 Å². The van der Waals surface area contributed by atoms with Gasteiger partial charge in [0.1, 0.15) is 22.8 Å². The van der Waals surface area contributed by atoms with Crippen molar-refractivity contribution in [1.82, 2.24) is 19.7 Å². The molecule has 0 radical (unpaired) electrons. The van der Waals surface area contributed by atoms with E-state index >= 15 is 0 Å². The van der Waals surface area contributed by atoms with E-state index in [1.807, 2.05) is 33.2 Å². The summed E-state index contributed by atoms with van der Waals surface area (Å²) in [7, 11) is 1.84. The Bertz CT molecular complexity index is 1750. The molecule has 234 valence electrons. The van der Waals surface area contributed by atoms with E-state index in [1.165, 1.54) is 12.3 Å². The molecule has 12 heteroatoms. The van der Waals surface area contributed by atoms with E-state index in [9.17, 15) is 14.4 Å². The average Bonchev–Trinajstić information content (AvgIpc) is 3.46. The molecular weight excluding hydrogens is 599 g/mol. The van der Waals surface area contributed by atoms with Crippen molar-refractivity contribution in [3.05, 3.63) is 77.7 Å². The number of carbonyl (C=O) groups is 3. The molecule has 4 heterocycles. The van der Waals surface area contributed by atoms with Gasteiger partial charge in [0.2, 0.25) is 0 Å². The Morgan fingerprint density at radius 3 is 2.22 bits per heavy atom. The van der Waals surface area contributed by atoms with Crippen LogP contribution in [0.3, 0.4) is 0 Å². The van der Waals surface area contributed by atoms with E-state index in [2.05, 4.69) is 10.1 Å². The molecule has 0 unspecified atom stereocenters. The number of aryl methyl sites for hydroxylation is 1. The predicted octanol–water partition coefficient (Wildman–Crippen LogP) is 4.64. The molecule has 6 rings (SSSR count). The second kappa shape index (κ2) is 13.7. The molecule has 1 N–H and O–H groups in total. The molecule has 4 aromatic rings. The molecule has 1 amide bonds. The monoisotopic (exact) mass is 634 g/mol. The number of aromatic carboxylic acids is 1. The predicted molar refractivity (Wildman–Crippen MR) is 172 cm³/mol. The SMILES string of the molecule is CCOc1cc(C(=O)N2CCC3(CC2)CC(=O)c2cc(-c4ccc(C(=O)O)cn4)ccc2O3)cc(OCC)c1-c1cnn(C)c1.[NaH]. The molecule has 46 heavy (non-hydrogen) atoms. The van der Waals surface area contributed by atoms with Crippen LogP contribution < -0.4 is 14.2 Å². The Morgan fingerprint density at radius 1 is 0.957 bits per heavy atom. The van der Waals surface area contributed by atoms with Gasteiger partial charge in [-0.05, 0) is 56.3 Å². The molecule has 2 aliphatic rings. The number of Topliss-reactive ketones (excluding diaryl/α,β-unsaturated/α-hetero) is 1. The van der Waals surface area contributed by atoms with Crippen molar-refractivity contribution < 1.29 is 33.7 Å². The number of piperidine rings is 1. The van der Waals surface area contributed by atoms with Crippen LogP contribution in [0.5, 0.6) is 17.2 Å². The van der Waals surface area contributed by atoms with Crippen molar-refractivity contribution in [3.63, 3.8) is 0 Å². The number of carboxylic acids is 1. The van der Waals surface area contributed by atoms with E-state index in [1.54, 1.807) is 46.1 Å². The Hall–Kier alpha value is -4.19. The fraction of sp³-hybridized carbons (Fsp3) is 0.324. The maximum absolute atomic E-state index is 13.8. The summed E-state index contributed by atoms with van der Waals surface area (Å²) in [5.74, 6) is 0.389. The first kappa shape index (κ1) is 33.2. The fourth-order valence-electron chi connectivity index (χ4n) is 6.01. The minimum atomic E-state index is -1.05. The molecule has 0 bridgehead atoms. The maximum atomic E-state index is 13.8. The summed E-state index contributed by atoms with van der Waals surface area (Å²) in [4.78, 5) is 44.3. The van der Waals surface area contributed by atoms with E-state index in [-0.39, 0.29) is 53.2 Å². The van der Waals surface area contributed by atoms with Crippen molar-refractivity contribution in [2.75, 3.05) is 26.3 Å². The first-order chi connectivity index (χ1) is 21.7. The van der Waals surface area contributed by atoms with Gasteiger partial charge in [0.25, 0.3) is 5.91 Å². The van der Waals surface area contributed by atoms with Crippen LogP contribution in [0.25, 0.3) is 22.4 Å². The Balaban J connectivity index is 0.00000417. The summed E-state index contributed by atoms with van der Waals surface area (Å²) in [5, 5.41) is 13.4. The van der Waals surface area contributed by atoms with Gasteiger partial charge in [-0.1, -0.05) is 0 Å². The number of carboxylic acid groups (broad SMARTS) is 1. The molecule has 1 saturated heterocycles. The minimum absolute atomic E-state index is 0. The van der Waals surface area contributed by atoms with Crippen LogP contribution in [0.2, 0.25) is 0 Å². The first-order valence-electron chi connectivity index (χ1n) is 15.0. The average molecular weight is 635 g/mol. The summed E-state index contributed by atoms with van der Waals surface area (Å²) >= 11 is 0. The van der Waals surface area contributed by atoms with Crippen LogP contribution in [-0.2, 0) is 7.05 Å². The first-order valence-corrected chi connectivity index (χ1v) is 15.0. The molecule has 0 saturated carbocycles. The van der Waals surface area contributed by atoms with Crippen molar-refractivity contribution in [3.8, 4) is 39.6 Å². The number of nitrogens with zero attached hydrogens (tertiary/aromatic N) is 4. The quantitative estimate of drug-likeness (QED) is 0.275. The molecule has 0 aliphatic carbocycles. The van der Waals surface area contributed by atoms with Crippen LogP contribution in [0.1, 0.15) is 64.2 Å². The number of amides is 1. The number of ether oxygens (including phenoxy) is 3. The van der Waals surface area contributed by atoms with Gasteiger partial charge < -0.3 is 24.2 Å². The van der Waals surface area contributed by atoms with Gasteiger partial charge in [0.15, 0.2) is 5.78 Å². The van der Waals surface area contributed by atoms with E-state index in [0.717, 1.165) is 11.1 Å². The summed E-state index contributed by atoms with van der Waals surface area (Å²) in [6.45, 7) is 5.49. The topological polar surface area (TPSA) is 133 Å². The van der Waals surface area contributed by atoms with Crippen LogP contribution in [0.15, 0.2) is 61.1 Å². The van der Waals surface area contributed by atoms with Crippen molar-refractivity contribution in [2.24, 2.45) is 7.05 Å². The summed E-state index contributed by atoms with van der Waals surface area (Å²) in [6, 6.07) is 12.0. The molecule has 1 spiro atoms. The number of fused-ring (bicyclic) bond motifs is 1. The standard InChI is InChI=1S/C34H34N4O7.Na.H/c1-4-43-29-15-23(16-30(44-5-2)31(29)24-19-36-37(3)20-24)32(40)38-12-10-34(11-13-38)17-27(39)25-14-21(7-9-28(25)45-34)26-8-6-22(18-35-26)33(41)42;;/h6-9,14-16,18-20H,4-5,10-13,17H2,1-3H3,(H,41,42);;. The Kier molecular flexibility index (Phi) is 9.85. The Labute approximate surface area is 288 Å². The number of carbonyl (C=O) groups excluding carboxylic acids is 2. The zero-order chi connectivity index (χ0) is 31.7. The van der Waals surface area contributed by atoms with Gasteiger partial charge in [-0.2, -0.15) is 5.10 Å². The van der Waals surface area contributed by atoms with E-state index in [4.69, 9.17) is 19.3 Å². The summed E-state index contributed by atoms with van der Waals surface area (Å²) < 4.78 is 20.1. The summed E-state index contributed by atoms with van der Waals surface area (Å²) in [6.07, 6.45) is 6.14. The molecule has 1 fully saturated rings. The molecule has 2 aromatic carbocycles. The second-order valence-electron chi connectivity index (χ2n) is 11.2. The molecule has 0 atom stereocenters. The van der Waals surface area contributed by atoms with Gasteiger partial charge in [-0.15, -0.1) is 0 Å². The molecule has 2 aliphatic heterocycles. The van der Waals surface area contributed by atoms with Crippen LogP contribution in [-0.4, -0.2) is 104 Å². The number of aromatic nitrogens is 3. The summed E-state index contributed by atoms with van der Waals surface area (Å²) in [5.41, 5.74) is 3.19. The molecule has 2 aromatic heterocycles. The fourth-order valence-corrected chi connectivity index (χ4v) is 6.01. The van der Waals surface area contributed by atoms with Crippen molar-refractivity contribution in [2.45, 2.75) is 38.7 Å². The van der Waals surface area contributed by atoms with Crippen LogP contribution in [0, 0.1) is 0 Å². The number of pyridine rings is 1. The molecule has 11 nitrogen and oxygen atoms in total. The third-order valence-electron chi connectivity index (χ3n) is 8.26. The number of hydrogen-bond donors (Lipinski definition) is 1. The van der Waals surface area contributed by atoms with Crippen LogP contribution >= 0.6 is 0 Å². The number of benzene rings is 2. The van der Waals surface area contributed by atoms with Crippen molar-refractivity contribution >= 4 is 47.2 Å². The zero-order valence-corrected chi connectivity index (χ0v) is 25.4. The Morgan fingerprint density at radius 2 is 1.65 bits per heavy atom. The molecular formula is C34H35N4NaO7. The number of hydrogen-bond acceptors (Lipinski definition) is 8. The van der Waals surface area contributed by atoms with Crippen molar-refractivity contribution in [1.29, 1.82) is 0 Å². The second-order valence-corrected chi connectivity index (χ2v) is 11.2. The zero-order valence-electron chi connectivity index (χ0n) is 25.4. The third-order valence-corrected chi connectivity index (χ3v) is 8.26. The van der Waals surface area contributed by atoms with Crippen LogP contribution in [0.4, 0.5) is 0 Å². The number of rotatable bonds is 8. The van der Waals surface area contributed by atoms with Gasteiger partial charge in [0, 0.05) is 62.1 Å². The van der Waals surface area contributed by atoms with Gasteiger partial charge in [-0.25, -0.2) is 4.79 Å². The number of likely N-dealkylation sites (tertiary alicyclic amines) is 1. The van der Waals surface area contributed by atoms with Gasteiger partial charge >= 0.3 is 35.5 Å². The van der Waals surface area contributed by atoms with Gasteiger partial charge in [0.05, 0.1) is 48.2 Å². The third kappa shape index (κ3) is 6.53.